The van der Waals surface area contributed by atoms with Crippen LogP contribution in [0, 0.1) is 11.6 Å². The molecule has 0 saturated carbocycles. The fraction of sp³-hybridized carbons (Fsp3) is 0.562. The molecule has 1 aromatic carbocycles. The van der Waals surface area contributed by atoms with Gasteiger partial charge in [0.15, 0.2) is 17.4 Å². The molecule has 1 aromatic rings. The van der Waals surface area contributed by atoms with Crippen molar-refractivity contribution >= 4 is 5.97 Å². The number of hydrogen-bond acceptors (Lipinski definition) is 2. The molecule has 3 nitrogen and oxygen atoms in total. The van der Waals surface area contributed by atoms with Gasteiger partial charge in [-0.2, -0.15) is 0 Å². The van der Waals surface area contributed by atoms with Gasteiger partial charge in [-0.15, -0.1) is 0 Å². The molecule has 0 unspecified atom stereocenters. The smallest absolute Gasteiger partial charge is 0.335 e. The highest BCUT2D eigenvalue weighted by Crippen LogP contribution is 2.23. The van der Waals surface area contributed by atoms with Crippen LogP contribution in [0.25, 0.3) is 0 Å². The van der Waals surface area contributed by atoms with Crippen LogP contribution in [-0.2, 0) is 0 Å². The summed E-state index contributed by atoms with van der Waals surface area (Å²) in [5, 5.41) is 8.69. The van der Waals surface area contributed by atoms with Crippen molar-refractivity contribution < 1.29 is 23.4 Å². The maximum atomic E-state index is 13.6. The molecule has 0 aliphatic rings. The van der Waals surface area contributed by atoms with E-state index in [2.05, 4.69) is 6.92 Å². The van der Waals surface area contributed by atoms with Crippen molar-refractivity contribution in [1.29, 1.82) is 0 Å². The van der Waals surface area contributed by atoms with E-state index in [0.29, 0.717) is 0 Å². The van der Waals surface area contributed by atoms with Crippen LogP contribution >= 0.6 is 0 Å². The van der Waals surface area contributed by atoms with Crippen LogP contribution in [0.1, 0.15) is 62.2 Å². The van der Waals surface area contributed by atoms with Crippen LogP contribution < -0.4 is 4.74 Å². The van der Waals surface area contributed by atoms with Gasteiger partial charge in [0.1, 0.15) is 0 Å². The number of benzene rings is 1. The van der Waals surface area contributed by atoms with Gasteiger partial charge >= 0.3 is 5.97 Å². The molecule has 0 aromatic heterocycles. The van der Waals surface area contributed by atoms with Crippen LogP contribution in [0.4, 0.5) is 8.78 Å². The van der Waals surface area contributed by atoms with Crippen molar-refractivity contribution in [3.63, 3.8) is 0 Å². The normalized spacial score (nSPS) is 10.6. The van der Waals surface area contributed by atoms with Crippen LogP contribution in [0.2, 0.25) is 0 Å². The van der Waals surface area contributed by atoms with E-state index in [0.717, 1.165) is 31.4 Å². The quantitative estimate of drug-likeness (QED) is 0.632. The third-order valence-electron chi connectivity index (χ3n) is 3.24. The van der Waals surface area contributed by atoms with Gasteiger partial charge in [0.2, 0.25) is 0 Å². The number of aromatic carboxylic acids is 1. The summed E-state index contributed by atoms with van der Waals surface area (Å²) in [7, 11) is 0. The van der Waals surface area contributed by atoms with Crippen molar-refractivity contribution in [1.82, 2.24) is 0 Å². The minimum Gasteiger partial charge on any atom is -0.488 e. The van der Waals surface area contributed by atoms with E-state index < -0.39 is 28.9 Å². The molecule has 0 radical (unpaired) electrons. The molecule has 0 amide bonds. The monoisotopic (exact) mass is 300 g/mol. The molecule has 5 heteroatoms. The highest BCUT2D eigenvalue weighted by molar-refractivity contribution is 5.87. The second kappa shape index (κ2) is 9.32. The summed E-state index contributed by atoms with van der Waals surface area (Å²) in [5.41, 5.74) is -0.423. The maximum Gasteiger partial charge on any atom is 0.335 e. The Morgan fingerprint density at radius 2 is 1.57 bits per heavy atom. The number of carboxylic acids is 1. The summed E-state index contributed by atoms with van der Waals surface area (Å²) in [6.45, 7) is 2.39. The first kappa shape index (κ1) is 17.4. The Labute approximate surface area is 123 Å². The van der Waals surface area contributed by atoms with Crippen LogP contribution in [0.15, 0.2) is 12.1 Å². The highest BCUT2D eigenvalue weighted by Gasteiger charge is 2.15. The predicted molar refractivity (Wildman–Crippen MR) is 76.8 cm³/mol. The standard InChI is InChI=1S/C16H22F2O3/c1-2-3-4-5-6-7-8-9-21-15-13(17)10-12(16(19)20)11-14(15)18/h10-11H,2-9H2,1H3,(H,19,20). The summed E-state index contributed by atoms with van der Waals surface area (Å²) in [4.78, 5) is 10.6. The van der Waals surface area contributed by atoms with E-state index in [9.17, 15) is 13.6 Å². The molecule has 21 heavy (non-hydrogen) atoms. The Morgan fingerprint density at radius 3 is 2.10 bits per heavy atom. The molecule has 118 valence electrons. The van der Waals surface area contributed by atoms with Gasteiger partial charge in [-0.25, -0.2) is 13.6 Å². The number of rotatable bonds is 10. The van der Waals surface area contributed by atoms with E-state index in [4.69, 9.17) is 9.84 Å². The molecule has 0 aliphatic carbocycles. The topological polar surface area (TPSA) is 46.5 Å². The zero-order valence-electron chi connectivity index (χ0n) is 12.3. The Balaban J connectivity index is 2.34. The Morgan fingerprint density at radius 1 is 1.05 bits per heavy atom. The third-order valence-corrected chi connectivity index (χ3v) is 3.24. The number of hydrogen-bond donors (Lipinski definition) is 1. The summed E-state index contributed by atoms with van der Waals surface area (Å²) in [6, 6.07) is 1.54. The molecule has 0 fully saturated rings. The molecule has 0 saturated heterocycles. The molecular formula is C16H22F2O3. The zero-order valence-corrected chi connectivity index (χ0v) is 12.3. The van der Waals surface area contributed by atoms with Crippen LogP contribution in [0.5, 0.6) is 5.75 Å². The van der Waals surface area contributed by atoms with E-state index in [1.54, 1.807) is 0 Å². The van der Waals surface area contributed by atoms with E-state index in [1.807, 2.05) is 0 Å². The van der Waals surface area contributed by atoms with Crippen molar-refractivity contribution in [3.05, 3.63) is 29.3 Å². The molecule has 0 atom stereocenters. The lowest BCUT2D eigenvalue weighted by Gasteiger charge is -2.09. The summed E-state index contributed by atoms with van der Waals surface area (Å²) >= 11 is 0. The molecule has 1 N–H and O–H groups in total. The minimum atomic E-state index is -1.37. The van der Waals surface area contributed by atoms with Crippen molar-refractivity contribution in [2.45, 2.75) is 51.9 Å². The van der Waals surface area contributed by atoms with Crippen LogP contribution in [-0.4, -0.2) is 17.7 Å². The van der Waals surface area contributed by atoms with Crippen molar-refractivity contribution in [3.8, 4) is 5.75 Å². The second-order valence-electron chi connectivity index (χ2n) is 5.04. The van der Waals surface area contributed by atoms with Gasteiger partial charge in [-0.3, -0.25) is 0 Å². The summed E-state index contributed by atoms with van der Waals surface area (Å²) in [6.07, 6.45) is 7.61. The Hall–Kier alpha value is -1.65. The lowest BCUT2D eigenvalue weighted by Crippen LogP contribution is -2.05. The Bertz CT molecular complexity index is 438. The highest BCUT2D eigenvalue weighted by atomic mass is 19.1. The molecule has 0 spiro atoms. The maximum absolute atomic E-state index is 13.6. The summed E-state index contributed by atoms with van der Waals surface area (Å²) in [5.74, 6) is -3.82. The fourth-order valence-electron chi connectivity index (χ4n) is 2.05. The van der Waals surface area contributed by atoms with Gasteiger partial charge in [-0.05, 0) is 18.6 Å². The minimum absolute atomic E-state index is 0.230. The first-order chi connectivity index (χ1) is 10.1. The average molecular weight is 300 g/mol. The van der Waals surface area contributed by atoms with Gasteiger partial charge in [0.25, 0.3) is 0 Å². The lowest BCUT2D eigenvalue weighted by molar-refractivity contribution is 0.0695. The number of carboxylic acid groups (broad SMARTS) is 1. The number of halogens is 2. The second-order valence-corrected chi connectivity index (χ2v) is 5.04. The van der Waals surface area contributed by atoms with Crippen molar-refractivity contribution in [2.75, 3.05) is 6.61 Å². The predicted octanol–water partition coefficient (Wildman–Crippen LogP) is 4.79. The van der Waals surface area contributed by atoms with Gasteiger partial charge in [0.05, 0.1) is 12.2 Å². The molecule has 1 rings (SSSR count). The van der Waals surface area contributed by atoms with E-state index >= 15 is 0 Å². The lowest BCUT2D eigenvalue weighted by atomic mass is 10.1. The van der Waals surface area contributed by atoms with Crippen molar-refractivity contribution in [2.24, 2.45) is 0 Å². The molecule has 0 aliphatic heterocycles. The molecular weight excluding hydrogens is 278 g/mol. The number of ether oxygens (including phenoxy) is 1. The van der Waals surface area contributed by atoms with E-state index in [1.165, 1.54) is 25.7 Å². The molecule has 0 heterocycles. The summed E-state index contributed by atoms with van der Waals surface area (Å²) < 4.78 is 32.2. The third kappa shape index (κ3) is 6.10. The van der Waals surface area contributed by atoms with Gasteiger partial charge in [-0.1, -0.05) is 45.4 Å². The molecule has 0 bridgehead atoms. The first-order valence-electron chi connectivity index (χ1n) is 7.41. The largest absolute Gasteiger partial charge is 0.488 e. The first-order valence-corrected chi connectivity index (χ1v) is 7.41. The van der Waals surface area contributed by atoms with Crippen LogP contribution in [0.3, 0.4) is 0 Å². The SMILES string of the molecule is CCCCCCCCCOc1c(F)cc(C(=O)O)cc1F. The number of unbranched alkanes of at least 4 members (excludes halogenated alkanes) is 6. The Kier molecular flexibility index (Phi) is 7.72. The van der Waals surface area contributed by atoms with E-state index in [-0.39, 0.29) is 6.61 Å². The zero-order chi connectivity index (χ0) is 15.7. The number of carbonyl (C=O) groups is 1. The van der Waals surface area contributed by atoms with Gasteiger partial charge in [0, 0.05) is 0 Å². The fourth-order valence-corrected chi connectivity index (χ4v) is 2.05. The average Bonchev–Trinajstić information content (AvgIpc) is 2.43. The van der Waals surface area contributed by atoms with Gasteiger partial charge < -0.3 is 9.84 Å².